The Balaban J connectivity index is 1.16. The van der Waals surface area contributed by atoms with Gasteiger partial charge in [0.1, 0.15) is 0 Å². The molecule has 1 aromatic heterocycles. The molecule has 0 radical (unpaired) electrons. The zero-order chi connectivity index (χ0) is 26.2. The lowest BCUT2D eigenvalue weighted by Crippen LogP contribution is -2.51. The number of likely N-dealkylation sites (N-methyl/N-ethyl adjacent to an activating group) is 1. The van der Waals surface area contributed by atoms with Crippen LogP contribution in [0.3, 0.4) is 0 Å². The minimum Gasteiger partial charge on any atom is -0.336 e. The summed E-state index contributed by atoms with van der Waals surface area (Å²) in [6, 6.07) is 10.7. The van der Waals surface area contributed by atoms with Crippen molar-refractivity contribution in [2.45, 2.75) is 51.1 Å². The van der Waals surface area contributed by atoms with Crippen LogP contribution in [0.4, 0.5) is 4.79 Å². The fraction of sp³-hybridized carbons (Fsp3) is 0.452. The Hall–Kier alpha value is -3.45. The number of hydrogen-bond acceptors (Lipinski definition) is 4. The molecule has 0 spiro atoms. The highest BCUT2D eigenvalue weighted by atomic mass is 16.2. The molecule has 2 fully saturated rings. The van der Waals surface area contributed by atoms with E-state index in [0.717, 1.165) is 80.8 Å². The summed E-state index contributed by atoms with van der Waals surface area (Å²) in [4.78, 5) is 36.6. The van der Waals surface area contributed by atoms with Crippen molar-refractivity contribution < 1.29 is 9.59 Å². The van der Waals surface area contributed by atoms with E-state index in [0.29, 0.717) is 6.04 Å². The molecule has 2 aliphatic carbocycles. The Morgan fingerprint density at radius 1 is 1.00 bits per heavy atom. The minimum absolute atomic E-state index is 0.0605. The molecule has 4 aliphatic rings. The van der Waals surface area contributed by atoms with Gasteiger partial charge in [0.05, 0.1) is 5.69 Å². The van der Waals surface area contributed by atoms with Crippen molar-refractivity contribution in [2.75, 3.05) is 39.8 Å². The molecule has 1 unspecified atom stereocenters. The zero-order valence-electron chi connectivity index (χ0n) is 22.4. The number of allylic oxidation sites excluding steroid dienone is 2. The van der Waals surface area contributed by atoms with Gasteiger partial charge in [0.25, 0.3) is 5.91 Å². The smallest absolute Gasteiger partial charge is 0.318 e. The number of fused-ring (bicyclic) bond motifs is 1. The number of carbonyl (C=O) groups excluding carboxylic acids is 2. The van der Waals surface area contributed by atoms with E-state index in [4.69, 9.17) is 4.98 Å². The molecule has 7 heteroatoms. The molecule has 1 aromatic carbocycles. The molecule has 3 heterocycles. The first-order chi connectivity index (χ1) is 18.5. The van der Waals surface area contributed by atoms with Crippen LogP contribution in [0.5, 0.6) is 0 Å². The van der Waals surface area contributed by atoms with E-state index in [2.05, 4.69) is 42.4 Å². The van der Waals surface area contributed by atoms with E-state index in [-0.39, 0.29) is 18.0 Å². The standard InChI is InChI=1S/C31H37N5O2/c1-21-18-24(12-13-36(21)31(38)33-26-4-3-5-26)27-10-11-29-28(27)19-25(20-32-29)22-6-8-23(9-7-22)30(37)35-16-14-34(2)15-17-35/h6-10,18-21,26H,3-5,11-17H2,1-2H3,(H,33,38). The minimum atomic E-state index is 0.0605. The number of urea groups is 1. The van der Waals surface area contributed by atoms with Crippen LogP contribution in [0.25, 0.3) is 16.7 Å². The third-order valence-corrected chi connectivity index (χ3v) is 8.61. The summed E-state index contributed by atoms with van der Waals surface area (Å²) in [5, 5.41) is 3.18. The first-order valence-electron chi connectivity index (χ1n) is 14.0. The predicted molar refractivity (Wildman–Crippen MR) is 150 cm³/mol. The van der Waals surface area contributed by atoms with Gasteiger partial charge in [-0.25, -0.2) is 4.79 Å². The molecule has 2 aliphatic heterocycles. The third kappa shape index (κ3) is 4.87. The van der Waals surface area contributed by atoms with Gasteiger partial charge in [0, 0.05) is 74.1 Å². The van der Waals surface area contributed by atoms with Crippen molar-refractivity contribution in [3.8, 4) is 11.1 Å². The molecule has 1 N–H and O–H groups in total. The van der Waals surface area contributed by atoms with Crippen molar-refractivity contribution in [3.05, 3.63) is 71.1 Å². The lowest BCUT2D eigenvalue weighted by atomic mass is 9.91. The number of nitrogens with one attached hydrogen (secondary N) is 1. The Morgan fingerprint density at radius 2 is 1.76 bits per heavy atom. The number of nitrogens with zero attached hydrogens (tertiary/aromatic N) is 4. The van der Waals surface area contributed by atoms with Crippen molar-refractivity contribution in [3.63, 3.8) is 0 Å². The van der Waals surface area contributed by atoms with Gasteiger partial charge in [-0.1, -0.05) is 24.3 Å². The summed E-state index contributed by atoms with van der Waals surface area (Å²) in [7, 11) is 2.09. The van der Waals surface area contributed by atoms with Crippen LogP contribution in [-0.4, -0.2) is 83.5 Å². The maximum absolute atomic E-state index is 12.9. The van der Waals surface area contributed by atoms with E-state index in [1.165, 1.54) is 23.1 Å². The van der Waals surface area contributed by atoms with Crippen molar-refractivity contribution in [1.29, 1.82) is 0 Å². The van der Waals surface area contributed by atoms with Crippen molar-refractivity contribution >= 4 is 17.5 Å². The Morgan fingerprint density at radius 3 is 2.45 bits per heavy atom. The Labute approximate surface area is 225 Å². The van der Waals surface area contributed by atoms with E-state index < -0.39 is 0 Å². The number of rotatable bonds is 4. The van der Waals surface area contributed by atoms with Crippen molar-refractivity contribution in [1.82, 2.24) is 25.0 Å². The monoisotopic (exact) mass is 511 g/mol. The second kappa shape index (κ2) is 10.4. The van der Waals surface area contributed by atoms with Gasteiger partial charge in [0.15, 0.2) is 0 Å². The van der Waals surface area contributed by atoms with Gasteiger partial charge in [-0.05, 0) is 74.6 Å². The molecule has 38 heavy (non-hydrogen) atoms. The van der Waals surface area contributed by atoms with Crippen LogP contribution in [0.15, 0.2) is 54.3 Å². The average molecular weight is 512 g/mol. The number of hydrogen-bond donors (Lipinski definition) is 1. The number of aromatic nitrogens is 1. The molecule has 3 amide bonds. The normalized spacial score (nSPS) is 21.9. The van der Waals surface area contributed by atoms with Crippen LogP contribution in [0, 0.1) is 0 Å². The molecule has 7 nitrogen and oxygen atoms in total. The molecular formula is C31H37N5O2. The lowest BCUT2D eigenvalue weighted by molar-refractivity contribution is 0.0664. The highest BCUT2D eigenvalue weighted by Gasteiger charge is 2.29. The van der Waals surface area contributed by atoms with Crippen LogP contribution in [0.1, 0.15) is 54.2 Å². The van der Waals surface area contributed by atoms with Gasteiger partial charge in [-0.2, -0.15) is 0 Å². The van der Waals surface area contributed by atoms with Gasteiger partial charge >= 0.3 is 6.03 Å². The largest absolute Gasteiger partial charge is 0.336 e. The van der Waals surface area contributed by atoms with Crippen LogP contribution in [0.2, 0.25) is 0 Å². The lowest BCUT2D eigenvalue weighted by Gasteiger charge is -2.36. The maximum Gasteiger partial charge on any atom is 0.318 e. The number of pyridine rings is 1. The second-order valence-corrected chi connectivity index (χ2v) is 11.2. The number of benzene rings is 1. The Bertz CT molecular complexity index is 1290. The van der Waals surface area contributed by atoms with Gasteiger partial charge in [-0.15, -0.1) is 0 Å². The van der Waals surface area contributed by atoms with E-state index in [9.17, 15) is 9.59 Å². The second-order valence-electron chi connectivity index (χ2n) is 11.2. The molecule has 1 atom stereocenters. The SMILES string of the molecule is CC1C=C(C2=CCc3ncc(-c4ccc(C(=O)N5CCN(C)CC5)cc4)cc32)CCN1C(=O)NC1CCC1. The fourth-order valence-electron chi connectivity index (χ4n) is 5.89. The molecule has 0 bridgehead atoms. The van der Waals surface area contributed by atoms with Gasteiger partial charge in [-0.3, -0.25) is 9.78 Å². The molecule has 6 rings (SSSR count). The summed E-state index contributed by atoms with van der Waals surface area (Å²) in [6.07, 6.45) is 11.6. The fourth-order valence-corrected chi connectivity index (χ4v) is 5.89. The quantitative estimate of drug-likeness (QED) is 0.663. The van der Waals surface area contributed by atoms with Crippen LogP contribution >= 0.6 is 0 Å². The van der Waals surface area contributed by atoms with Gasteiger partial charge < -0.3 is 20.0 Å². The number of carbonyl (C=O) groups is 2. The topological polar surface area (TPSA) is 68.8 Å². The van der Waals surface area contributed by atoms with E-state index >= 15 is 0 Å². The summed E-state index contributed by atoms with van der Waals surface area (Å²) in [5.74, 6) is 0.107. The van der Waals surface area contributed by atoms with Gasteiger partial charge in [0.2, 0.25) is 0 Å². The summed E-state index contributed by atoms with van der Waals surface area (Å²) in [5.41, 5.74) is 7.70. The summed E-state index contributed by atoms with van der Waals surface area (Å²) < 4.78 is 0. The molecule has 1 saturated carbocycles. The average Bonchev–Trinajstić information content (AvgIpc) is 3.34. The summed E-state index contributed by atoms with van der Waals surface area (Å²) in [6.45, 7) is 6.23. The maximum atomic E-state index is 12.9. The highest BCUT2D eigenvalue weighted by molar-refractivity contribution is 5.95. The van der Waals surface area contributed by atoms with E-state index in [1.54, 1.807) is 0 Å². The third-order valence-electron chi connectivity index (χ3n) is 8.61. The zero-order valence-corrected chi connectivity index (χ0v) is 22.4. The van der Waals surface area contributed by atoms with Crippen molar-refractivity contribution in [2.24, 2.45) is 0 Å². The summed E-state index contributed by atoms with van der Waals surface area (Å²) >= 11 is 0. The molecule has 2 aromatic rings. The number of piperazine rings is 1. The number of amides is 3. The Kier molecular flexibility index (Phi) is 6.78. The van der Waals surface area contributed by atoms with Crippen LogP contribution in [-0.2, 0) is 6.42 Å². The molecule has 198 valence electrons. The predicted octanol–water partition coefficient (Wildman–Crippen LogP) is 4.36. The first-order valence-corrected chi connectivity index (χ1v) is 14.0. The highest BCUT2D eigenvalue weighted by Crippen LogP contribution is 2.37. The molecular weight excluding hydrogens is 474 g/mol. The van der Waals surface area contributed by atoms with E-state index in [1.807, 2.05) is 40.3 Å². The first kappa shape index (κ1) is 24.9. The molecule has 1 saturated heterocycles. The van der Waals surface area contributed by atoms with Crippen LogP contribution < -0.4 is 5.32 Å².